The summed E-state index contributed by atoms with van der Waals surface area (Å²) in [5.74, 6) is 0.957. The van der Waals surface area contributed by atoms with E-state index in [-0.39, 0.29) is 4.75 Å². The number of rotatable bonds is 2. The number of benzene rings is 1. The maximum atomic E-state index is 5.55. The van der Waals surface area contributed by atoms with E-state index in [0.717, 1.165) is 15.8 Å². The summed E-state index contributed by atoms with van der Waals surface area (Å²) in [6.45, 7) is 10.5. The second-order valence-electron chi connectivity index (χ2n) is 4.66. The monoisotopic (exact) mass is 302 g/mol. The quantitative estimate of drug-likeness (QED) is 0.789. The normalized spacial score (nSPS) is 11.8. The van der Waals surface area contributed by atoms with E-state index >= 15 is 0 Å². The fourth-order valence-corrected chi connectivity index (χ4v) is 2.84. The fourth-order valence-electron chi connectivity index (χ4n) is 2.08. The Morgan fingerprint density at radius 2 is 1.56 bits per heavy atom. The smallest absolute Gasteiger partial charge is 0.126 e. The molecule has 0 unspecified atom stereocenters. The standard InChI is InChI=1S/C13H19BrOS/c1-7-8(2)12(15-6)10(13(4,5)16)9(3)11(7)14/h16H,1-6H3. The third-order valence-electron chi connectivity index (χ3n) is 2.98. The number of halogens is 1. The highest BCUT2D eigenvalue weighted by Crippen LogP contribution is 2.43. The molecule has 0 spiro atoms. The van der Waals surface area contributed by atoms with Gasteiger partial charge in [-0.15, -0.1) is 0 Å². The van der Waals surface area contributed by atoms with Crippen LogP contribution in [0, 0.1) is 20.8 Å². The van der Waals surface area contributed by atoms with Gasteiger partial charge in [-0.1, -0.05) is 15.9 Å². The first-order chi connectivity index (χ1) is 7.21. The number of methoxy groups -OCH3 is 1. The van der Waals surface area contributed by atoms with E-state index in [2.05, 4.69) is 63.2 Å². The number of hydrogen-bond donors (Lipinski definition) is 1. The van der Waals surface area contributed by atoms with Crippen LogP contribution in [0.15, 0.2) is 4.47 Å². The molecule has 0 bridgehead atoms. The first kappa shape index (κ1) is 13.9. The van der Waals surface area contributed by atoms with Crippen molar-refractivity contribution >= 4 is 28.6 Å². The largest absolute Gasteiger partial charge is 0.496 e. The van der Waals surface area contributed by atoms with Gasteiger partial charge in [0, 0.05) is 14.8 Å². The molecule has 0 saturated heterocycles. The van der Waals surface area contributed by atoms with E-state index in [9.17, 15) is 0 Å². The summed E-state index contributed by atoms with van der Waals surface area (Å²) in [5, 5.41) is 0. The molecule has 0 aromatic heterocycles. The van der Waals surface area contributed by atoms with E-state index in [0.29, 0.717) is 0 Å². The zero-order valence-corrected chi connectivity index (χ0v) is 13.2. The molecule has 90 valence electrons. The van der Waals surface area contributed by atoms with Crippen molar-refractivity contribution in [3.63, 3.8) is 0 Å². The van der Waals surface area contributed by atoms with Gasteiger partial charge in [-0.2, -0.15) is 12.6 Å². The van der Waals surface area contributed by atoms with Gasteiger partial charge in [0.05, 0.1) is 7.11 Å². The maximum absolute atomic E-state index is 5.55. The summed E-state index contributed by atoms with van der Waals surface area (Å²) in [4.78, 5) is 0. The van der Waals surface area contributed by atoms with Gasteiger partial charge in [0.15, 0.2) is 0 Å². The number of hydrogen-bond acceptors (Lipinski definition) is 2. The molecular weight excluding hydrogens is 284 g/mol. The molecule has 0 N–H and O–H groups in total. The van der Waals surface area contributed by atoms with Crippen LogP contribution < -0.4 is 4.74 Å². The lowest BCUT2D eigenvalue weighted by atomic mass is 9.91. The Morgan fingerprint density at radius 1 is 1.06 bits per heavy atom. The number of thiol groups is 1. The lowest BCUT2D eigenvalue weighted by Gasteiger charge is -2.27. The highest BCUT2D eigenvalue weighted by atomic mass is 79.9. The molecule has 0 radical (unpaired) electrons. The van der Waals surface area contributed by atoms with Gasteiger partial charge in [0.1, 0.15) is 5.75 Å². The zero-order chi connectivity index (χ0) is 12.7. The Labute approximate surface area is 112 Å². The Hall–Kier alpha value is -0.150. The van der Waals surface area contributed by atoms with Gasteiger partial charge in [0.25, 0.3) is 0 Å². The topological polar surface area (TPSA) is 9.23 Å². The lowest BCUT2D eigenvalue weighted by Crippen LogP contribution is -2.14. The van der Waals surface area contributed by atoms with Crippen molar-refractivity contribution in [1.82, 2.24) is 0 Å². The Morgan fingerprint density at radius 3 is 1.94 bits per heavy atom. The molecule has 0 atom stereocenters. The van der Waals surface area contributed by atoms with Gasteiger partial charge in [-0.25, -0.2) is 0 Å². The average Bonchev–Trinajstić information content (AvgIpc) is 2.18. The zero-order valence-electron chi connectivity index (χ0n) is 10.7. The minimum absolute atomic E-state index is 0.212. The summed E-state index contributed by atoms with van der Waals surface area (Å²) in [6, 6.07) is 0. The van der Waals surface area contributed by atoms with E-state index in [1.54, 1.807) is 7.11 Å². The van der Waals surface area contributed by atoms with Crippen molar-refractivity contribution in [1.29, 1.82) is 0 Å². The molecule has 16 heavy (non-hydrogen) atoms. The highest BCUT2D eigenvalue weighted by molar-refractivity contribution is 9.10. The summed E-state index contributed by atoms with van der Waals surface area (Å²) in [7, 11) is 1.72. The molecule has 0 aliphatic carbocycles. The summed E-state index contributed by atoms with van der Waals surface area (Å²) >= 11 is 8.31. The predicted molar refractivity (Wildman–Crippen MR) is 76.9 cm³/mol. The third-order valence-corrected chi connectivity index (χ3v) is 4.39. The van der Waals surface area contributed by atoms with Gasteiger partial charge >= 0.3 is 0 Å². The van der Waals surface area contributed by atoms with E-state index in [1.807, 2.05) is 0 Å². The van der Waals surface area contributed by atoms with Crippen LogP contribution in [0.3, 0.4) is 0 Å². The van der Waals surface area contributed by atoms with Crippen molar-refractivity contribution in [2.45, 2.75) is 39.4 Å². The molecular formula is C13H19BrOS. The lowest BCUT2D eigenvalue weighted by molar-refractivity contribution is 0.401. The SMILES string of the molecule is COc1c(C)c(C)c(Br)c(C)c1C(C)(C)S. The Kier molecular flexibility index (Phi) is 4.01. The summed E-state index contributed by atoms with van der Waals surface area (Å²) < 4.78 is 6.49. The van der Waals surface area contributed by atoms with E-state index in [4.69, 9.17) is 4.74 Å². The molecule has 1 aromatic rings. The van der Waals surface area contributed by atoms with Crippen LogP contribution >= 0.6 is 28.6 Å². The van der Waals surface area contributed by atoms with Crippen LogP contribution in [0.25, 0.3) is 0 Å². The summed E-state index contributed by atoms with van der Waals surface area (Å²) in [5.41, 5.74) is 4.78. The molecule has 3 heteroatoms. The molecule has 0 heterocycles. The van der Waals surface area contributed by atoms with Crippen LogP contribution in [0.5, 0.6) is 5.75 Å². The van der Waals surface area contributed by atoms with Crippen LogP contribution in [0.2, 0.25) is 0 Å². The van der Waals surface area contributed by atoms with Crippen molar-refractivity contribution in [2.24, 2.45) is 0 Å². The van der Waals surface area contributed by atoms with E-state index < -0.39 is 0 Å². The molecule has 0 aliphatic rings. The first-order valence-electron chi connectivity index (χ1n) is 5.27. The van der Waals surface area contributed by atoms with Crippen LogP contribution in [-0.2, 0) is 4.75 Å². The average molecular weight is 303 g/mol. The maximum Gasteiger partial charge on any atom is 0.126 e. The fraction of sp³-hybridized carbons (Fsp3) is 0.538. The van der Waals surface area contributed by atoms with Crippen LogP contribution in [-0.4, -0.2) is 7.11 Å². The van der Waals surface area contributed by atoms with E-state index in [1.165, 1.54) is 16.7 Å². The molecule has 0 amide bonds. The predicted octanol–water partition coefficient (Wildman–Crippen LogP) is 4.55. The van der Waals surface area contributed by atoms with Gasteiger partial charge in [-0.05, 0) is 51.3 Å². The molecule has 1 nitrogen and oxygen atoms in total. The minimum atomic E-state index is -0.212. The second-order valence-corrected chi connectivity index (χ2v) is 6.57. The minimum Gasteiger partial charge on any atom is -0.496 e. The van der Waals surface area contributed by atoms with Crippen molar-refractivity contribution in [3.05, 3.63) is 26.7 Å². The van der Waals surface area contributed by atoms with Crippen molar-refractivity contribution in [2.75, 3.05) is 7.11 Å². The van der Waals surface area contributed by atoms with Gasteiger partial charge in [-0.3, -0.25) is 0 Å². The highest BCUT2D eigenvalue weighted by Gasteiger charge is 2.26. The Balaban J connectivity index is 3.72. The third kappa shape index (κ3) is 2.25. The van der Waals surface area contributed by atoms with Crippen molar-refractivity contribution in [3.8, 4) is 5.75 Å². The van der Waals surface area contributed by atoms with Crippen LogP contribution in [0.1, 0.15) is 36.1 Å². The summed E-state index contributed by atoms with van der Waals surface area (Å²) in [6.07, 6.45) is 0. The van der Waals surface area contributed by atoms with Gasteiger partial charge in [0.2, 0.25) is 0 Å². The molecule has 0 fully saturated rings. The first-order valence-corrected chi connectivity index (χ1v) is 6.52. The number of ether oxygens (including phenoxy) is 1. The van der Waals surface area contributed by atoms with Crippen molar-refractivity contribution < 1.29 is 4.74 Å². The Bertz CT molecular complexity index is 419. The molecule has 1 rings (SSSR count). The molecule has 0 aliphatic heterocycles. The van der Waals surface area contributed by atoms with Gasteiger partial charge < -0.3 is 4.74 Å². The van der Waals surface area contributed by atoms with Crippen LogP contribution in [0.4, 0.5) is 0 Å². The second kappa shape index (κ2) is 4.61. The molecule has 1 aromatic carbocycles. The molecule has 0 saturated carbocycles.